The van der Waals surface area contributed by atoms with Crippen LogP contribution >= 0.6 is 0 Å². The van der Waals surface area contributed by atoms with Crippen LogP contribution in [0, 0.1) is 0 Å². The van der Waals surface area contributed by atoms with Crippen molar-refractivity contribution in [3.05, 3.63) is 0 Å². The van der Waals surface area contributed by atoms with E-state index in [2.05, 4.69) is 0 Å². The zero-order valence-electron chi connectivity index (χ0n) is 38.1. The summed E-state index contributed by atoms with van der Waals surface area (Å²) in [5, 5.41) is 0. The summed E-state index contributed by atoms with van der Waals surface area (Å²) in [5.41, 5.74) is 0. The molecule has 0 unspecified atom stereocenters. The molecule has 3 fully saturated rings. The SMILES string of the molecule is CCO[C@H]1O[C@H](COC(C)=O)[C@@H](O[C@@H]2O[C@H](COC(C)=O)[C@H](O[C@@H]3O[C@H](COC(C)=O)[C@H](OC(C)=O)[C@H](OC(C)=O)[C@H]3OC(C)=O)[C@H](OC(C)=O)[C@H]2OC(C)=O)[C@H](OC(C)=O)[C@H]1OC(C)=O. The van der Waals surface area contributed by atoms with Crippen molar-refractivity contribution in [3.8, 4) is 0 Å². The Labute approximate surface area is 377 Å². The summed E-state index contributed by atoms with van der Waals surface area (Å²) in [5.74, 6) is -9.29. The van der Waals surface area contributed by atoms with Crippen LogP contribution < -0.4 is 0 Å². The highest BCUT2D eigenvalue weighted by Crippen LogP contribution is 2.38. The summed E-state index contributed by atoms with van der Waals surface area (Å²) in [6.07, 6.45) is -25.9. The van der Waals surface area contributed by atoms with Crippen molar-refractivity contribution in [2.75, 3.05) is 26.4 Å². The Morgan fingerprint density at radius 2 is 0.561 bits per heavy atom. The van der Waals surface area contributed by atoms with Crippen molar-refractivity contribution in [2.45, 2.75) is 168 Å². The second-order valence-corrected chi connectivity index (χ2v) is 14.7. The van der Waals surface area contributed by atoms with Gasteiger partial charge in [-0.3, -0.25) is 47.9 Å². The van der Waals surface area contributed by atoms with E-state index in [0.717, 1.165) is 69.2 Å². The number of ether oxygens (including phenoxy) is 16. The highest BCUT2D eigenvalue weighted by Gasteiger charge is 2.60. The molecule has 0 spiro atoms. The molecule has 3 heterocycles. The van der Waals surface area contributed by atoms with E-state index < -0.39 is 172 Å². The number of carbonyl (C=O) groups excluding carboxylic acids is 10. The minimum Gasteiger partial charge on any atom is -0.463 e. The maximum Gasteiger partial charge on any atom is 0.303 e. The predicted molar refractivity (Wildman–Crippen MR) is 206 cm³/mol. The first-order chi connectivity index (χ1) is 30.9. The lowest BCUT2D eigenvalue weighted by Crippen LogP contribution is -2.69. The van der Waals surface area contributed by atoms with E-state index in [-0.39, 0.29) is 6.61 Å². The van der Waals surface area contributed by atoms with Gasteiger partial charge in [-0.2, -0.15) is 0 Å². The van der Waals surface area contributed by atoms with Crippen molar-refractivity contribution in [3.63, 3.8) is 0 Å². The Hall–Kier alpha value is -5.54. The third-order valence-corrected chi connectivity index (χ3v) is 9.15. The fourth-order valence-electron chi connectivity index (χ4n) is 7.05. The van der Waals surface area contributed by atoms with Gasteiger partial charge in [0.1, 0.15) is 50.3 Å². The van der Waals surface area contributed by atoms with Crippen molar-refractivity contribution >= 4 is 59.7 Å². The fourth-order valence-corrected chi connectivity index (χ4v) is 7.05. The van der Waals surface area contributed by atoms with E-state index >= 15 is 0 Å². The zero-order valence-corrected chi connectivity index (χ0v) is 38.1. The van der Waals surface area contributed by atoms with Crippen LogP contribution in [-0.4, -0.2) is 178 Å². The lowest BCUT2D eigenvalue weighted by molar-refractivity contribution is -0.380. The molecular formula is C40H56O26. The molecule has 3 rings (SSSR count). The van der Waals surface area contributed by atoms with Crippen LogP contribution in [0.3, 0.4) is 0 Å². The highest BCUT2D eigenvalue weighted by atomic mass is 16.8. The number of carbonyl (C=O) groups is 10. The minimum absolute atomic E-state index is 0.0237. The van der Waals surface area contributed by atoms with Gasteiger partial charge in [-0.15, -0.1) is 0 Å². The van der Waals surface area contributed by atoms with Gasteiger partial charge in [-0.05, 0) is 6.92 Å². The first-order valence-corrected chi connectivity index (χ1v) is 20.4. The Kier molecular flexibility index (Phi) is 21.1. The summed E-state index contributed by atoms with van der Waals surface area (Å²) in [6, 6.07) is 0. The Morgan fingerprint density at radius 3 is 0.848 bits per heavy atom. The summed E-state index contributed by atoms with van der Waals surface area (Å²) in [4.78, 5) is 125. The van der Waals surface area contributed by atoms with E-state index in [1.165, 1.54) is 0 Å². The second kappa shape index (κ2) is 25.4. The van der Waals surface area contributed by atoms with Gasteiger partial charge in [0.2, 0.25) is 0 Å². The molecule has 3 aliphatic heterocycles. The molecule has 0 aromatic carbocycles. The molecule has 0 aromatic rings. The van der Waals surface area contributed by atoms with Crippen molar-refractivity contribution in [2.24, 2.45) is 0 Å². The van der Waals surface area contributed by atoms with Gasteiger partial charge >= 0.3 is 59.7 Å². The molecule has 66 heavy (non-hydrogen) atoms. The van der Waals surface area contributed by atoms with Gasteiger partial charge in [0, 0.05) is 75.8 Å². The smallest absolute Gasteiger partial charge is 0.303 e. The Bertz CT molecular complexity index is 1770. The van der Waals surface area contributed by atoms with E-state index in [1.54, 1.807) is 6.92 Å². The van der Waals surface area contributed by atoms with Gasteiger partial charge < -0.3 is 75.8 Å². The second-order valence-electron chi connectivity index (χ2n) is 14.7. The monoisotopic (exact) mass is 952 g/mol. The lowest BCUT2D eigenvalue weighted by atomic mass is 9.95. The molecular weight excluding hydrogens is 896 g/mol. The minimum atomic E-state index is -1.98. The molecule has 0 aliphatic carbocycles. The molecule has 0 N–H and O–H groups in total. The largest absolute Gasteiger partial charge is 0.463 e. The molecule has 3 aliphatic rings. The van der Waals surface area contributed by atoms with Gasteiger partial charge in [0.25, 0.3) is 0 Å². The van der Waals surface area contributed by atoms with Gasteiger partial charge in [0.05, 0.1) is 0 Å². The van der Waals surface area contributed by atoms with Gasteiger partial charge in [-0.1, -0.05) is 0 Å². The zero-order chi connectivity index (χ0) is 49.6. The molecule has 3 saturated heterocycles. The van der Waals surface area contributed by atoms with E-state index in [9.17, 15) is 47.9 Å². The molecule has 0 amide bonds. The highest BCUT2D eigenvalue weighted by molar-refractivity contribution is 5.70. The summed E-state index contributed by atoms with van der Waals surface area (Å²) < 4.78 is 91.5. The van der Waals surface area contributed by atoms with Gasteiger partial charge in [-0.25, -0.2) is 0 Å². The van der Waals surface area contributed by atoms with Crippen LogP contribution in [0.5, 0.6) is 0 Å². The normalized spacial score (nSPS) is 31.7. The van der Waals surface area contributed by atoms with Crippen molar-refractivity contribution < 1.29 is 124 Å². The molecule has 26 heteroatoms. The molecule has 372 valence electrons. The maximum absolute atomic E-state index is 13.0. The summed E-state index contributed by atoms with van der Waals surface area (Å²) in [7, 11) is 0. The Balaban J connectivity index is 2.29. The molecule has 0 bridgehead atoms. The van der Waals surface area contributed by atoms with E-state index in [1.807, 2.05) is 0 Å². The standard InChI is InChI=1S/C40H56O26/c1-12-51-38-35(59-23(9)48)33(57-21(7)46)30(27(62-38)14-53-17(3)42)65-40-37(61-25(11)50)34(58-22(8)47)31(28(64-40)15-54-18(4)43)66-39-36(60-24(10)49)32(56-20(6)45)29(55-19(5)44)26(63-39)13-52-16(2)41/h26-40H,12-15H2,1-11H3/t26-,27-,28-,29+,30-,31+,32+,33+,34+,35-,36-,37-,38+,39+,40+/m1/s1. The topological polar surface area (TPSA) is 318 Å². The summed E-state index contributed by atoms with van der Waals surface area (Å²) >= 11 is 0. The number of esters is 10. The first kappa shape index (κ1) is 54.8. The maximum atomic E-state index is 13.0. The van der Waals surface area contributed by atoms with E-state index in [4.69, 9.17) is 75.8 Å². The van der Waals surface area contributed by atoms with Crippen molar-refractivity contribution in [1.29, 1.82) is 0 Å². The third-order valence-electron chi connectivity index (χ3n) is 9.15. The van der Waals surface area contributed by atoms with Crippen LogP contribution in [0.25, 0.3) is 0 Å². The van der Waals surface area contributed by atoms with E-state index in [0.29, 0.717) is 0 Å². The molecule has 15 atom stereocenters. The average molecular weight is 953 g/mol. The van der Waals surface area contributed by atoms with Crippen LogP contribution in [0.2, 0.25) is 0 Å². The number of hydrogen-bond acceptors (Lipinski definition) is 26. The number of rotatable bonds is 19. The molecule has 0 saturated carbocycles. The van der Waals surface area contributed by atoms with Crippen LogP contribution in [-0.2, 0) is 124 Å². The van der Waals surface area contributed by atoms with Crippen molar-refractivity contribution in [1.82, 2.24) is 0 Å². The molecule has 0 radical (unpaired) electrons. The molecule has 26 nitrogen and oxygen atoms in total. The predicted octanol–water partition coefficient (Wildman–Crippen LogP) is -0.821. The fraction of sp³-hybridized carbons (Fsp3) is 0.750. The van der Waals surface area contributed by atoms with Gasteiger partial charge in [0.15, 0.2) is 61.6 Å². The van der Waals surface area contributed by atoms with Crippen LogP contribution in [0.15, 0.2) is 0 Å². The summed E-state index contributed by atoms with van der Waals surface area (Å²) in [6.45, 7) is 9.62. The quantitative estimate of drug-likeness (QED) is 0.113. The Morgan fingerprint density at radius 1 is 0.318 bits per heavy atom. The first-order valence-electron chi connectivity index (χ1n) is 20.4. The van der Waals surface area contributed by atoms with Crippen LogP contribution in [0.4, 0.5) is 0 Å². The molecule has 0 aromatic heterocycles. The third kappa shape index (κ3) is 16.4. The van der Waals surface area contributed by atoms with Crippen LogP contribution in [0.1, 0.15) is 76.2 Å². The average Bonchev–Trinajstić information content (AvgIpc) is 3.17. The lowest BCUT2D eigenvalue weighted by Gasteiger charge is -2.50. The number of hydrogen-bond donors (Lipinski definition) is 0.